The van der Waals surface area contributed by atoms with Gasteiger partial charge < -0.3 is 5.32 Å². The molecule has 10 heteroatoms. The number of anilines is 1. The summed E-state index contributed by atoms with van der Waals surface area (Å²) in [6.45, 7) is 1.78. The normalized spacial score (nSPS) is 14.6. The third-order valence-corrected chi connectivity index (χ3v) is 5.64. The average Bonchev–Trinajstić information content (AvgIpc) is 3.45. The number of amides is 1. The van der Waals surface area contributed by atoms with Crippen molar-refractivity contribution < 1.29 is 18.0 Å². The molecule has 0 saturated heterocycles. The number of alkyl halides is 3. The lowest BCUT2D eigenvalue weighted by molar-refractivity contribution is -0.137. The highest BCUT2D eigenvalue weighted by Gasteiger charge is 2.31. The molecule has 0 saturated carbocycles. The minimum atomic E-state index is -4.42. The van der Waals surface area contributed by atoms with Crippen LogP contribution >= 0.6 is 11.3 Å². The van der Waals surface area contributed by atoms with Gasteiger partial charge in [0.2, 0.25) is 0 Å². The van der Waals surface area contributed by atoms with Crippen LogP contribution in [0.2, 0.25) is 0 Å². The zero-order valence-electron chi connectivity index (χ0n) is 16.8. The summed E-state index contributed by atoms with van der Waals surface area (Å²) in [5.41, 5.74) is 2.17. The number of halogens is 3. The van der Waals surface area contributed by atoms with Crippen molar-refractivity contribution in [2.24, 2.45) is 4.99 Å². The van der Waals surface area contributed by atoms with E-state index in [0.29, 0.717) is 29.2 Å². The van der Waals surface area contributed by atoms with Gasteiger partial charge in [0.15, 0.2) is 0 Å². The summed E-state index contributed by atoms with van der Waals surface area (Å²) in [4.78, 5) is 33.0. The van der Waals surface area contributed by atoms with Crippen molar-refractivity contribution >= 4 is 34.5 Å². The molecule has 1 atom stereocenters. The van der Waals surface area contributed by atoms with E-state index in [4.69, 9.17) is 0 Å². The van der Waals surface area contributed by atoms with Crippen molar-refractivity contribution in [2.75, 3.05) is 5.32 Å². The zero-order valence-corrected chi connectivity index (χ0v) is 17.6. The van der Waals surface area contributed by atoms with Crippen LogP contribution in [-0.4, -0.2) is 21.2 Å². The van der Waals surface area contributed by atoms with Gasteiger partial charge in [-0.1, -0.05) is 25.1 Å². The predicted molar refractivity (Wildman–Crippen MR) is 117 cm³/mol. The first-order valence-electron chi connectivity index (χ1n) is 9.60. The number of aromatic nitrogens is 2. The Morgan fingerprint density at radius 3 is 2.75 bits per heavy atom. The quantitative estimate of drug-likeness (QED) is 0.583. The van der Waals surface area contributed by atoms with Gasteiger partial charge in [-0.15, -0.1) is 11.3 Å². The number of hydrogen-bond acceptors (Lipinski definition) is 5. The van der Waals surface area contributed by atoms with E-state index in [1.54, 1.807) is 30.5 Å². The molecule has 1 unspecified atom stereocenters. The largest absolute Gasteiger partial charge is 0.416 e. The Balaban J connectivity index is 1.51. The Morgan fingerprint density at radius 1 is 1.25 bits per heavy atom. The van der Waals surface area contributed by atoms with Gasteiger partial charge in [-0.2, -0.15) is 13.2 Å². The first-order valence-corrected chi connectivity index (χ1v) is 10.5. The molecule has 0 spiro atoms. The number of pyridine rings is 1. The van der Waals surface area contributed by atoms with Gasteiger partial charge in [-0.3, -0.25) is 14.2 Å². The molecule has 0 bridgehead atoms. The van der Waals surface area contributed by atoms with Crippen LogP contribution in [0.1, 0.15) is 40.9 Å². The highest BCUT2D eigenvalue weighted by Crippen LogP contribution is 2.32. The van der Waals surface area contributed by atoms with Gasteiger partial charge in [0.25, 0.3) is 11.5 Å². The molecule has 1 N–H and O–H groups in total. The molecule has 1 aliphatic heterocycles. The Bertz CT molecular complexity index is 1280. The van der Waals surface area contributed by atoms with Crippen LogP contribution in [0.25, 0.3) is 5.82 Å². The lowest BCUT2D eigenvalue weighted by Crippen LogP contribution is -2.20. The second kappa shape index (κ2) is 8.54. The number of thiazole rings is 1. The van der Waals surface area contributed by atoms with Crippen LogP contribution in [0, 0.1) is 0 Å². The van der Waals surface area contributed by atoms with Crippen molar-refractivity contribution in [3.8, 4) is 0 Å². The molecule has 0 radical (unpaired) electrons. The maximum atomic E-state index is 13.0. The molecular formula is C22H17F3N4O2S. The fraction of sp³-hybridized carbons (Fsp3) is 0.182. The number of nitrogens with one attached hydrogen (secondary N) is 1. The van der Waals surface area contributed by atoms with Crippen LogP contribution in [0.5, 0.6) is 0 Å². The lowest BCUT2D eigenvalue weighted by Gasteiger charge is -2.14. The molecule has 6 nitrogen and oxygen atoms in total. The fourth-order valence-electron chi connectivity index (χ4n) is 3.30. The van der Waals surface area contributed by atoms with E-state index in [0.717, 1.165) is 12.1 Å². The van der Waals surface area contributed by atoms with Crippen molar-refractivity contribution in [1.29, 1.82) is 0 Å². The highest BCUT2D eigenvalue weighted by atomic mass is 32.1. The van der Waals surface area contributed by atoms with Gasteiger partial charge in [0, 0.05) is 41.4 Å². The van der Waals surface area contributed by atoms with E-state index in [2.05, 4.69) is 15.3 Å². The summed E-state index contributed by atoms with van der Waals surface area (Å²) in [6.07, 6.45) is -0.761. The number of carbonyl (C=O) groups is 1. The fourth-order valence-corrected chi connectivity index (χ4v) is 3.83. The molecule has 1 amide bonds. The summed E-state index contributed by atoms with van der Waals surface area (Å²) < 4.78 is 40.4. The second-order valence-electron chi connectivity index (χ2n) is 7.17. The smallest absolute Gasteiger partial charge is 0.320 e. The number of carbonyl (C=O) groups excluding carboxylic acids is 1. The Labute approximate surface area is 184 Å². The first-order chi connectivity index (χ1) is 15.2. The molecular weight excluding hydrogens is 441 g/mol. The van der Waals surface area contributed by atoms with Crippen molar-refractivity contribution in [1.82, 2.24) is 9.55 Å². The Hall–Kier alpha value is -3.53. The summed E-state index contributed by atoms with van der Waals surface area (Å²) >= 11 is 1.29. The van der Waals surface area contributed by atoms with Gasteiger partial charge in [-0.05, 0) is 23.8 Å². The lowest BCUT2D eigenvalue weighted by atomic mass is 9.93. The minimum Gasteiger partial charge on any atom is -0.320 e. The topological polar surface area (TPSA) is 76.3 Å². The van der Waals surface area contributed by atoms with Crippen LogP contribution < -0.4 is 10.9 Å². The molecule has 3 heterocycles. The molecule has 1 aliphatic rings. The average molecular weight is 458 g/mol. The van der Waals surface area contributed by atoms with E-state index >= 15 is 0 Å². The summed E-state index contributed by atoms with van der Waals surface area (Å²) in [7, 11) is 0. The third kappa shape index (κ3) is 4.54. The van der Waals surface area contributed by atoms with Crippen molar-refractivity contribution in [3.63, 3.8) is 0 Å². The van der Waals surface area contributed by atoms with Crippen LogP contribution in [0.4, 0.5) is 18.9 Å². The highest BCUT2D eigenvalue weighted by molar-refractivity contribution is 7.07. The number of rotatable bonds is 5. The van der Waals surface area contributed by atoms with Gasteiger partial charge in [0.1, 0.15) is 11.5 Å². The molecule has 3 aromatic rings. The van der Waals surface area contributed by atoms with Crippen molar-refractivity contribution in [2.45, 2.75) is 25.4 Å². The summed E-state index contributed by atoms with van der Waals surface area (Å²) in [5.74, 6) is -0.377. The molecule has 4 rings (SSSR count). The van der Waals surface area contributed by atoms with Crippen LogP contribution in [0.15, 0.2) is 69.3 Å². The third-order valence-electron chi connectivity index (χ3n) is 5.05. The van der Waals surface area contributed by atoms with E-state index in [9.17, 15) is 22.8 Å². The van der Waals surface area contributed by atoms with E-state index in [1.165, 1.54) is 39.7 Å². The molecule has 2 aromatic heterocycles. The maximum Gasteiger partial charge on any atom is 0.416 e. The standard InChI is InChI=1S/C22H17F3N4O2S/c1-13(14-3-2-4-15(9-14)22(23,24)25)17-5-6-19(28-17)29-8-7-16(10-20(29)30)27-21(31)18-11-32-12-26-18/h2-4,6-13H,5H2,1H3,(H,27,31). The number of hydrogen-bond donors (Lipinski definition) is 1. The van der Waals surface area contributed by atoms with Gasteiger partial charge in [-0.25, -0.2) is 9.98 Å². The maximum absolute atomic E-state index is 13.0. The number of benzene rings is 1. The zero-order chi connectivity index (χ0) is 22.9. The molecule has 164 valence electrons. The number of aliphatic imine (C=N–C) groups is 1. The van der Waals surface area contributed by atoms with Gasteiger partial charge in [0.05, 0.1) is 11.1 Å². The van der Waals surface area contributed by atoms with E-state index < -0.39 is 23.2 Å². The molecule has 32 heavy (non-hydrogen) atoms. The minimum absolute atomic E-state index is 0.260. The monoisotopic (exact) mass is 458 g/mol. The number of nitrogens with zero attached hydrogens (tertiary/aromatic N) is 3. The van der Waals surface area contributed by atoms with E-state index in [-0.39, 0.29) is 11.6 Å². The van der Waals surface area contributed by atoms with Crippen LogP contribution in [-0.2, 0) is 6.18 Å². The molecule has 1 aromatic carbocycles. The second-order valence-corrected chi connectivity index (χ2v) is 7.88. The van der Waals surface area contributed by atoms with Crippen molar-refractivity contribution in [3.05, 3.63) is 86.7 Å². The van der Waals surface area contributed by atoms with Gasteiger partial charge >= 0.3 is 6.18 Å². The van der Waals surface area contributed by atoms with E-state index in [1.807, 2.05) is 0 Å². The predicted octanol–water partition coefficient (Wildman–Crippen LogP) is 5.02. The molecule has 0 fully saturated rings. The van der Waals surface area contributed by atoms with Crippen LogP contribution in [0.3, 0.4) is 0 Å². The Kier molecular flexibility index (Phi) is 5.79. The SMILES string of the molecule is CC(C1=NC(n2ccc(NC(=O)c3cscn3)cc2=O)=CC1)c1cccc(C(F)(F)F)c1. The molecule has 0 aliphatic carbocycles. The number of allylic oxidation sites excluding steroid dienone is 1. The summed E-state index contributed by atoms with van der Waals surface area (Å²) in [6, 6.07) is 8.00. The Morgan fingerprint density at radius 2 is 2.06 bits per heavy atom. The first kappa shape index (κ1) is 21.7. The summed E-state index contributed by atoms with van der Waals surface area (Å²) in [5, 5.41) is 4.21.